The lowest BCUT2D eigenvalue weighted by Gasteiger charge is -2.25. The highest BCUT2D eigenvalue weighted by atomic mass is 19.1. The van der Waals surface area contributed by atoms with Crippen molar-refractivity contribution in [2.45, 2.75) is 38.6 Å². The molecule has 0 spiro atoms. The summed E-state index contributed by atoms with van der Waals surface area (Å²) in [5.41, 5.74) is 7.97. The van der Waals surface area contributed by atoms with Gasteiger partial charge in [0, 0.05) is 18.3 Å². The van der Waals surface area contributed by atoms with E-state index in [0.717, 1.165) is 30.6 Å². The molecule has 1 aliphatic rings. The zero-order valence-corrected chi connectivity index (χ0v) is 15.9. The number of halogens is 1. The van der Waals surface area contributed by atoms with Crippen LogP contribution in [0.5, 0.6) is 0 Å². The van der Waals surface area contributed by atoms with E-state index in [-0.39, 0.29) is 17.8 Å². The van der Waals surface area contributed by atoms with Crippen molar-refractivity contribution in [1.29, 1.82) is 0 Å². The van der Waals surface area contributed by atoms with Crippen LogP contribution in [0.3, 0.4) is 0 Å². The van der Waals surface area contributed by atoms with Gasteiger partial charge < -0.3 is 16.0 Å². The Bertz CT molecular complexity index is 953. The van der Waals surface area contributed by atoms with Crippen LogP contribution in [0.1, 0.15) is 49.9 Å². The summed E-state index contributed by atoms with van der Waals surface area (Å²) in [5, 5.41) is 10.3. The van der Waals surface area contributed by atoms with E-state index in [2.05, 4.69) is 49.2 Å². The number of nitrogens with two attached hydrogens (primary N) is 1. The fourth-order valence-corrected chi connectivity index (χ4v) is 3.41. The number of H-pyrrole nitrogens is 1. The molecule has 0 radical (unpaired) electrons. The van der Waals surface area contributed by atoms with Crippen LogP contribution in [0, 0.1) is 5.82 Å². The molecule has 3 aromatic rings. The number of hydrogen-bond acceptors (Lipinski definition) is 7. The number of hydrogen-bond donors (Lipinski definition) is 3. The van der Waals surface area contributed by atoms with Crippen molar-refractivity contribution >= 4 is 23.7 Å². The Hall–Kier alpha value is -3.23. The molecule has 0 amide bonds. The molecule has 1 unspecified atom stereocenters. The molecule has 1 aromatic carbocycles. The minimum absolute atomic E-state index is 0.0770. The van der Waals surface area contributed by atoms with Gasteiger partial charge in [-0.2, -0.15) is 20.1 Å². The van der Waals surface area contributed by atoms with Crippen LogP contribution in [0.2, 0.25) is 0 Å². The van der Waals surface area contributed by atoms with Gasteiger partial charge in [-0.05, 0) is 36.5 Å². The Balaban J connectivity index is 1.59. The van der Waals surface area contributed by atoms with Crippen molar-refractivity contribution in [3.8, 4) is 0 Å². The number of rotatable bonds is 5. The van der Waals surface area contributed by atoms with Crippen LogP contribution in [-0.4, -0.2) is 31.7 Å². The lowest BCUT2D eigenvalue weighted by atomic mass is 10.0. The molecule has 0 bridgehead atoms. The van der Waals surface area contributed by atoms with Crippen LogP contribution in [0.25, 0.3) is 0 Å². The first-order chi connectivity index (χ1) is 13.5. The van der Waals surface area contributed by atoms with E-state index in [0.29, 0.717) is 23.6 Å². The molecule has 8 nitrogen and oxygen atoms in total. The molecule has 1 fully saturated rings. The highest BCUT2D eigenvalue weighted by Crippen LogP contribution is 2.35. The highest BCUT2D eigenvalue weighted by Gasteiger charge is 2.29. The molecular formula is C19H23FN8. The van der Waals surface area contributed by atoms with Gasteiger partial charge in [0.2, 0.25) is 17.8 Å². The fourth-order valence-electron chi connectivity index (χ4n) is 3.41. The van der Waals surface area contributed by atoms with Crippen molar-refractivity contribution in [1.82, 2.24) is 25.1 Å². The maximum Gasteiger partial charge on any atom is 0.235 e. The SMILES string of the molecule is CC(C)c1cc(Nc2nc(N)nc(N3CCCC3c3ccc(F)cc3)n2)n[nH]1. The first-order valence-electron chi connectivity index (χ1n) is 9.35. The maximum absolute atomic E-state index is 13.3. The molecule has 9 heteroatoms. The molecule has 4 N–H and O–H groups in total. The van der Waals surface area contributed by atoms with Crippen LogP contribution in [-0.2, 0) is 0 Å². The largest absolute Gasteiger partial charge is 0.368 e. The minimum atomic E-state index is -0.246. The monoisotopic (exact) mass is 382 g/mol. The number of nitrogens with zero attached hydrogens (tertiary/aromatic N) is 5. The van der Waals surface area contributed by atoms with E-state index >= 15 is 0 Å². The van der Waals surface area contributed by atoms with Crippen molar-refractivity contribution in [3.05, 3.63) is 47.4 Å². The number of nitrogen functional groups attached to an aromatic ring is 1. The van der Waals surface area contributed by atoms with E-state index in [1.165, 1.54) is 12.1 Å². The van der Waals surface area contributed by atoms with E-state index in [1.54, 1.807) is 12.1 Å². The third-order valence-corrected chi connectivity index (χ3v) is 4.86. The first kappa shape index (κ1) is 18.1. The summed E-state index contributed by atoms with van der Waals surface area (Å²) in [7, 11) is 0. The Kier molecular flexibility index (Phi) is 4.81. The second-order valence-corrected chi connectivity index (χ2v) is 7.21. The third kappa shape index (κ3) is 3.73. The van der Waals surface area contributed by atoms with Gasteiger partial charge in [-0.3, -0.25) is 5.10 Å². The number of aromatic nitrogens is 5. The van der Waals surface area contributed by atoms with Gasteiger partial charge in [0.25, 0.3) is 0 Å². The summed E-state index contributed by atoms with van der Waals surface area (Å²) in [6.45, 7) is 4.96. The second-order valence-electron chi connectivity index (χ2n) is 7.21. The quantitative estimate of drug-likeness (QED) is 0.619. The van der Waals surface area contributed by atoms with Gasteiger partial charge >= 0.3 is 0 Å². The van der Waals surface area contributed by atoms with Crippen LogP contribution in [0.15, 0.2) is 30.3 Å². The zero-order valence-electron chi connectivity index (χ0n) is 15.9. The molecule has 0 saturated carbocycles. The second kappa shape index (κ2) is 7.41. The Labute approximate surface area is 162 Å². The van der Waals surface area contributed by atoms with Crippen LogP contribution >= 0.6 is 0 Å². The average molecular weight is 382 g/mol. The smallest absolute Gasteiger partial charge is 0.235 e. The van der Waals surface area contributed by atoms with Gasteiger partial charge in [0.15, 0.2) is 5.82 Å². The summed E-state index contributed by atoms with van der Waals surface area (Å²) in [5.74, 6) is 1.69. The van der Waals surface area contributed by atoms with E-state index in [9.17, 15) is 4.39 Å². The maximum atomic E-state index is 13.3. The van der Waals surface area contributed by atoms with E-state index in [1.807, 2.05) is 6.07 Å². The highest BCUT2D eigenvalue weighted by molar-refractivity contribution is 5.52. The van der Waals surface area contributed by atoms with Crippen molar-refractivity contribution in [2.24, 2.45) is 0 Å². The Morgan fingerprint density at radius 2 is 2.00 bits per heavy atom. The summed E-state index contributed by atoms with van der Waals surface area (Å²) in [4.78, 5) is 15.1. The summed E-state index contributed by atoms with van der Waals surface area (Å²) in [6.07, 6.45) is 1.94. The molecule has 1 saturated heterocycles. The predicted octanol–water partition coefficient (Wildman–Crippen LogP) is 3.52. The van der Waals surface area contributed by atoms with Gasteiger partial charge in [-0.25, -0.2) is 4.39 Å². The van der Waals surface area contributed by atoms with E-state index < -0.39 is 0 Å². The molecular weight excluding hydrogens is 359 g/mol. The molecule has 2 aromatic heterocycles. The molecule has 28 heavy (non-hydrogen) atoms. The van der Waals surface area contributed by atoms with Crippen LogP contribution in [0.4, 0.5) is 28.1 Å². The van der Waals surface area contributed by atoms with Gasteiger partial charge in [0.05, 0.1) is 6.04 Å². The predicted molar refractivity (Wildman–Crippen MR) is 106 cm³/mol. The van der Waals surface area contributed by atoms with Gasteiger partial charge in [-0.15, -0.1) is 0 Å². The van der Waals surface area contributed by atoms with Gasteiger partial charge in [-0.1, -0.05) is 26.0 Å². The number of benzene rings is 1. The Morgan fingerprint density at radius 1 is 1.21 bits per heavy atom. The molecule has 0 aliphatic carbocycles. The van der Waals surface area contributed by atoms with Crippen molar-refractivity contribution < 1.29 is 4.39 Å². The molecule has 1 aliphatic heterocycles. The zero-order chi connectivity index (χ0) is 19.7. The summed E-state index contributed by atoms with van der Waals surface area (Å²) < 4.78 is 13.3. The molecule has 1 atom stereocenters. The fraction of sp³-hybridized carbons (Fsp3) is 0.368. The summed E-state index contributed by atoms with van der Waals surface area (Å²) >= 11 is 0. The molecule has 3 heterocycles. The Morgan fingerprint density at radius 3 is 2.71 bits per heavy atom. The number of nitrogens with one attached hydrogen (secondary N) is 2. The lowest BCUT2D eigenvalue weighted by Crippen LogP contribution is -2.25. The van der Waals surface area contributed by atoms with Crippen molar-refractivity contribution in [2.75, 3.05) is 22.5 Å². The third-order valence-electron chi connectivity index (χ3n) is 4.86. The minimum Gasteiger partial charge on any atom is -0.368 e. The number of aromatic amines is 1. The van der Waals surface area contributed by atoms with Crippen LogP contribution < -0.4 is 16.0 Å². The first-order valence-corrected chi connectivity index (χ1v) is 9.35. The molecule has 4 rings (SSSR count). The topological polar surface area (TPSA) is 109 Å². The van der Waals surface area contributed by atoms with Crippen molar-refractivity contribution in [3.63, 3.8) is 0 Å². The standard InChI is InChI=1S/C19H23FN8/c1-11(2)14-10-16(27-26-14)22-18-23-17(21)24-19(25-18)28-9-3-4-15(28)12-5-7-13(20)8-6-12/h5-8,10-11,15H,3-4,9H2,1-2H3,(H4,21,22,23,24,25,26,27). The molecule has 146 valence electrons. The van der Waals surface area contributed by atoms with Gasteiger partial charge in [0.1, 0.15) is 5.82 Å². The number of anilines is 4. The normalized spacial score (nSPS) is 16.7. The summed E-state index contributed by atoms with van der Waals surface area (Å²) in [6, 6.07) is 8.56. The average Bonchev–Trinajstić information content (AvgIpc) is 3.31. The lowest BCUT2D eigenvalue weighted by molar-refractivity contribution is 0.624. The van der Waals surface area contributed by atoms with E-state index in [4.69, 9.17) is 5.73 Å².